The molecule has 2 rings (SSSR count). The summed E-state index contributed by atoms with van der Waals surface area (Å²) in [5.41, 5.74) is 6.45. The summed E-state index contributed by atoms with van der Waals surface area (Å²) in [6.07, 6.45) is 6.82. The van der Waals surface area contributed by atoms with Gasteiger partial charge in [-0.2, -0.15) is 11.8 Å². The molecule has 2 nitrogen and oxygen atoms in total. The number of rotatable bonds is 5. The molecule has 94 valence electrons. The van der Waals surface area contributed by atoms with Gasteiger partial charge in [-0.15, -0.1) is 0 Å². The van der Waals surface area contributed by atoms with E-state index >= 15 is 0 Å². The van der Waals surface area contributed by atoms with E-state index in [2.05, 4.69) is 23.6 Å². The Morgan fingerprint density at radius 2 is 2.25 bits per heavy atom. The second kappa shape index (κ2) is 5.74. The van der Waals surface area contributed by atoms with E-state index in [4.69, 9.17) is 5.73 Å². The average Bonchev–Trinajstić information content (AvgIpc) is 2.29. The molecule has 0 aromatic heterocycles. The molecule has 0 aromatic carbocycles. The van der Waals surface area contributed by atoms with E-state index in [1.165, 1.54) is 57.5 Å². The second-order valence-corrected chi connectivity index (χ2v) is 6.92. The Kier molecular flexibility index (Phi) is 4.57. The first-order valence-corrected chi connectivity index (χ1v) is 7.87. The van der Waals surface area contributed by atoms with Gasteiger partial charge in [0.2, 0.25) is 0 Å². The van der Waals surface area contributed by atoms with Crippen molar-refractivity contribution in [1.29, 1.82) is 0 Å². The Morgan fingerprint density at radius 3 is 2.81 bits per heavy atom. The molecule has 1 aliphatic carbocycles. The molecule has 16 heavy (non-hydrogen) atoms. The van der Waals surface area contributed by atoms with Crippen LogP contribution in [0.4, 0.5) is 0 Å². The minimum atomic E-state index is 0.534. The molecule has 2 aliphatic rings. The predicted molar refractivity (Wildman–Crippen MR) is 72.9 cm³/mol. The maximum atomic E-state index is 5.92. The van der Waals surface area contributed by atoms with Gasteiger partial charge in [-0.25, -0.2) is 0 Å². The molecule has 2 N–H and O–H groups in total. The molecule has 0 radical (unpaired) electrons. The zero-order valence-electron chi connectivity index (χ0n) is 10.6. The van der Waals surface area contributed by atoms with E-state index in [0.29, 0.717) is 5.41 Å². The zero-order chi connectivity index (χ0) is 11.4. The molecule has 3 heteroatoms. The number of nitrogens with zero attached hydrogens (tertiary/aromatic N) is 1. The van der Waals surface area contributed by atoms with Crippen LogP contribution < -0.4 is 5.73 Å². The summed E-state index contributed by atoms with van der Waals surface area (Å²) in [4.78, 5) is 2.67. The number of hydrogen-bond acceptors (Lipinski definition) is 3. The Hall–Kier alpha value is 0.270. The van der Waals surface area contributed by atoms with E-state index in [1.807, 2.05) is 0 Å². The molecule has 1 saturated carbocycles. The fraction of sp³-hybridized carbons (Fsp3) is 1.00. The highest BCUT2D eigenvalue weighted by Gasteiger charge is 2.35. The van der Waals surface area contributed by atoms with Gasteiger partial charge in [0.1, 0.15) is 0 Å². The third-order valence-corrected chi connectivity index (χ3v) is 5.86. The van der Waals surface area contributed by atoms with Crippen LogP contribution in [-0.4, -0.2) is 42.1 Å². The van der Waals surface area contributed by atoms with Gasteiger partial charge in [-0.05, 0) is 44.2 Å². The fourth-order valence-electron chi connectivity index (χ4n) is 2.86. The van der Waals surface area contributed by atoms with Gasteiger partial charge in [-0.1, -0.05) is 13.3 Å². The van der Waals surface area contributed by atoms with Gasteiger partial charge in [0.15, 0.2) is 0 Å². The van der Waals surface area contributed by atoms with Crippen LogP contribution in [0.1, 0.15) is 39.0 Å². The van der Waals surface area contributed by atoms with Gasteiger partial charge in [0.05, 0.1) is 0 Å². The van der Waals surface area contributed by atoms with Crippen molar-refractivity contribution in [3.8, 4) is 0 Å². The van der Waals surface area contributed by atoms with Gasteiger partial charge in [0.25, 0.3) is 0 Å². The Labute approximate surface area is 104 Å². The van der Waals surface area contributed by atoms with E-state index in [-0.39, 0.29) is 0 Å². The van der Waals surface area contributed by atoms with Crippen molar-refractivity contribution in [1.82, 2.24) is 4.90 Å². The SMILES string of the molecule is CCC1CN(CCC2(CN)CCC2)CCS1. The lowest BCUT2D eigenvalue weighted by molar-refractivity contribution is 0.106. The van der Waals surface area contributed by atoms with E-state index in [1.54, 1.807) is 0 Å². The van der Waals surface area contributed by atoms with Crippen molar-refractivity contribution in [2.75, 3.05) is 31.9 Å². The number of hydrogen-bond donors (Lipinski definition) is 1. The van der Waals surface area contributed by atoms with Gasteiger partial charge in [-0.3, -0.25) is 0 Å². The number of thioether (sulfide) groups is 1. The van der Waals surface area contributed by atoms with Crippen LogP contribution in [0.25, 0.3) is 0 Å². The molecule has 1 saturated heterocycles. The molecule has 0 bridgehead atoms. The summed E-state index contributed by atoms with van der Waals surface area (Å²) in [6.45, 7) is 7.11. The normalized spacial score (nSPS) is 30.0. The van der Waals surface area contributed by atoms with Crippen molar-refractivity contribution in [3.63, 3.8) is 0 Å². The lowest BCUT2D eigenvalue weighted by Gasteiger charge is -2.43. The van der Waals surface area contributed by atoms with Crippen LogP contribution in [0.3, 0.4) is 0 Å². The van der Waals surface area contributed by atoms with Crippen molar-refractivity contribution in [2.45, 2.75) is 44.3 Å². The topological polar surface area (TPSA) is 29.3 Å². The summed E-state index contributed by atoms with van der Waals surface area (Å²) < 4.78 is 0. The first-order chi connectivity index (χ1) is 7.78. The molecule has 0 amide bonds. The van der Waals surface area contributed by atoms with Crippen molar-refractivity contribution in [2.24, 2.45) is 11.1 Å². The zero-order valence-corrected chi connectivity index (χ0v) is 11.4. The Balaban J connectivity index is 1.72. The highest BCUT2D eigenvalue weighted by Crippen LogP contribution is 2.43. The summed E-state index contributed by atoms with van der Waals surface area (Å²) >= 11 is 2.16. The third-order valence-electron chi connectivity index (χ3n) is 4.48. The van der Waals surface area contributed by atoms with Crippen LogP contribution >= 0.6 is 11.8 Å². The molecule has 1 atom stereocenters. The Morgan fingerprint density at radius 1 is 1.44 bits per heavy atom. The molecule has 1 unspecified atom stereocenters. The molecule has 0 spiro atoms. The van der Waals surface area contributed by atoms with Crippen molar-refractivity contribution < 1.29 is 0 Å². The summed E-state index contributed by atoms with van der Waals surface area (Å²) in [6, 6.07) is 0. The molecular formula is C13H26N2S. The van der Waals surface area contributed by atoms with Crippen LogP contribution in [0.15, 0.2) is 0 Å². The van der Waals surface area contributed by atoms with E-state index in [9.17, 15) is 0 Å². The lowest BCUT2D eigenvalue weighted by Crippen LogP contribution is -2.43. The largest absolute Gasteiger partial charge is 0.330 e. The van der Waals surface area contributed by atoms with Crippen molar-refractivity contribution in [3.05, 3.63) is 0 Å². The van der Waals surface area contributed by atoms with Crippen LogP contribution in [0.2, 0.25) is 0 Å². The molecule has 1 aliphatic heterocycles. The van der Waals surface area contributed by atoms with Crippen molar-refractivity contribution >= 4 is 11.8 Å². The number of nitrogens with two attached hydrogens (primary N) is 1. The third kappa shape index (κ3) is 2.93. The van der Waals surface area contributed by atoms with Crippen LogP contribution in [0.5, 0.6) is 0 Å². The molecule has 2 fully saturated rings. The van der Waals surface area contributed by atoms with Crippen LogP contribution in [0, 0.1) is 5.41 Å². The maximum Gasteiger partial charge on any atom is 0.0172 e. The first kappa shape index (κ1) is 12.7. The fourth-order valence-corrected chi connectivity index (χ4v) is 4.11. The smallest absolute Gasteiger partial charge is 0.0172 e. The van der Waals surface area contributed by atoms with E-state index in [0.717, 1.165) is 11.8 Å². The van der Waals surface area contributed by atoms with Crippen LogP contribution in [-0.2, 0) is 0 Å². The molecule has 1 heterocycles. The summed E-state index contributed by atoms with van der Waals surface area (Å²) in [7, 11) is 0. The standard InChI is InChI=1S/C13H26N2S/c1-2-12-10-15(8-9-16-12)7-6-13(11-14)4-3-5-13/h12H,2-11,14H2,1H3. The Bertz CT molecular complexity index is 210. The highest BCUT2D eigenvalue weighted by atomic mass is 32.2. The first-order valence-electron chi connectivity index (χ1n) is 6.82. The average molecular weight is 242 g/mol. The van der Waals surface area contributed by atoms with Gasteiger partial charge < -0.3 is 10.6 Å². The highest BCUT2D eigenvalue weighted by molar-refractivity contribution is 8.00. The summed E-state index contributed by atoms with van der Waals surface area (Å²) in [5.74, 6) is 1.33. The minimum absolute atomic E-state index is 0.534. The second-order valence-electron chi connectivity index (χ2n) is 5.51. The summed E-state index contributed by atoms with van der Waals surface area (Å²) in [5, 5.41) is 0.879. The monoisotopic (exact) mass is 242 g/mol. The lowest BCUT2D eigenvalue weighted by atomic mass is 9.66. The van der Waals surface area contributed by atoms with Gasteiger partial charge >= 0.3 is 0 Å². The predicted octanol–water partition coefficient (Wildman–Crippen LogP) is 2.33. The maximum absolute atomic E-state index is 5.92. The minimum Gasteiger partial charge on any atom is -0.330 e. The van der Waals surface area contributed by atoms with Gasteiger partial charge in [0, 0.05) is 24.1 Å². The molecule has 0 aromatic rings. The molecular weight excluding hydrogens is 216 g/mol. The van der Waals surface area contributed by atoms with E-state index < -0.39 is 0 Å². The quantitative estimate of drug-likeness (QED) is 0.802.